The zero-order valence-electron chi connectivity index (χ0n) is 14.2. The molecule has 2 aliphatic rings. The lowest BCUT2D eigenvalue weighted by atomic mass is 10.2. The van der Waals surface area contributed by atoms with Crippen LogP contribution in [-0.4, -0.2) is 49.7 Å². The maximum Gasteiger partial charge on any atom is 0.231 e. The summed E-state index contributed by atoms with van der Waals surface area (Å²) in [4.78, 5) is 17.9. The van der Waals surface area contributed by atoms with Gasteiger partial charge in [0.25, 0.3) is 0 Å². The predicted octanol–water partition coefficient (Wildman–Crippen LogP) is 1.09. The van der Waals surface area contributed by atoms with E-state index in [-0.39, 0.29) is 18.7 Å². The summed E-state index contributed by atoms with van der Waals surface area (Å²) >= 11 is 0. The molecule has 1 aromatic carbocycles. The van der Waals surface area contributed by atoms with Gasteiger partial charge in [-0.15, -0.1) is 0 Å². The lowest BCUT2D eigenvalue weighted by Crippen LogP contribution is -2.44. The number of hydrogen-bond donors (Lipinski definition) is 2. The molecule has 1 fully saturated rings. The van der Waals surface area contributed by atoms with Crippen molar-refractivity contribution < 1.29 is 14.3 Å². The van der Waals surface area contributed by atoms with E-state index in [1.807, 2.05) is 30.0 Å². The normalized spacial score (nSPS) is 19.5. The summed E-state index contributed by atoms with van der Waals surface area (Å²) in [5.41, 5.74) is 1.09. The van der Waals surface area contributed by atoms with Gasteiger partial charge in [-0.25, -0.2) is 0 Å². The smallest absolute Gasteiger partial charge is 0.231 e. The molecule has 130 valence electrons. The Hall–Kier alpha value is -2.44. The molecule has 0 aliphatic carbocycles. The summed E-state index contributed by atoms with van der Waals surface area (Å²) in [7, 11) is 1.75. The van der Waals surface area contributed by atoms with Crippen LogP contribution in [0.3, 0.4) is 0 Å². The third kappa shape index (κ3) is 3.72. The number of aliphatic imine (C=N–C) groups is 1. The number of hydrogen-bond acceptors (Lipinski definition) is 4. The molecule has 2 aliphatic heterocycles. The largest absolute Gasteiger partial charge is 0.454 e. The number of benzene rings is 1. The molecule has 1 aromatic rings. The van der Waals surface area contributed by atoms with Crippen molar-refractivity contribution in [2.75, 3.05) is 26.9 Å². The molecule has 2 N–H and O–H groups in total. The van der Waals surface area contributed by atoms with E-state index in [9.17, 15) is 4.79 Å². The van der Waals surface area contributed by atoms with Gasteiger partial charge in [0.1, 0.15) is 0 Å². The zero-order valence-corrected chi connectivity index (χ0v) is 14.2. The van der Waals surface area contributed by atoms with Crippen LogP contribution in [0.4, 0.5) is 0 Å². The maximum atomic E-state index is 11.7. The van der Waals surface area contributed by atoms with Crippen molar-refractivity contribution in [3.63, 3.8) is 0 Å². The van der Waals surface area contributed by atoms with Crippen LogP contribution >= 0.6 is 0 Å². The first-order chi connectivity index (χ1) is 11.7. The van der Waals surface area contributed by atoms with Gasteiger partial charge in [-0.3, -0.25) is 9.79 Å². The second kappa shape index (κ2) is 7.42. The van der Waals surface area contributed by atoms with Gasteiger partial charge in [-0.05, 0) is 24.1 Å². The summed E-state index contributed by atoms with van der Waals surface area (Å²) in [6.07, 6.45) is 1.50. The van der Waals surface area contributed by atoms with Crippen molar-refractivity contribution in [1.82, 2.24) is 15.5 Å². The van der Waals surface area contributed by atoms with Crippen LogP contribution in [-0.2, 0) is 11.3 Å². The highest BCUT2D eigenvalue weighted by atomic mass is 16.7. The Morgan fingerprint density at radius 3 is 3.00 bits per heavy atom. The Kier molecular flexibility index (Phi) is 5.08. The Bertz CT molecular complexity index is 632. The van der Waals surface area contributed by atoms with Crippen LogP contribution in [0.1, 0.15) is 25.3 Å². The minimum absolute atomic E-state index is 0.211. The van der Waals surface area contributed by atoms with E-state index in [0.29, 0.717) is 13.0 Å². The SMILES string of the molecule is CCC(=O)N1CCC(NC(=NC)NCc2ccc3c(c2)OCO3)C1. The van der Waals surface area contributed by atoms with Crippen molar-refractivity contribution in [2.45, 2.75) is 32.4 Å². The van der Waals surface area contributed by atoms with Gasteiger partial charge in [-0.2, -0.15) is 0 Å². The fourth-order valence-electron chi connectivity index (χ4n) is 2.95. The van der Waals surface area contributed by atoms with Crippen molar-refractivity contribution >= 4 is 11.9 Å². The quantitative estimate of drug-likeness (QED) is 0.638. The highest BCUT2D eigenvalue weighted by Crippen LogP contribution is 2.32. The lowest BCUT2D eigenvalue weighted by Gasteiger charge is -2.18. The molecular formula is C17H24N4O3. The molecule has 0 aromatic heterocycles. The average Bonchev–Trinajstić information content (AvgIpc) is 3.26. The maximum absolute atomic E-state index is 11.7. The number of nitrogens with one attached hydrogen (secondary N) is 2. The number of nitrogens with zero attached hydrogens (tertiary/aromatic N) is 2. The van der Waals surface area contributed by atoms with Crippen LogP contribution < -0.4 is 20.1 Å². The Morgan fingerprint density at radius 2 is 2.21 bits per heavy atom. The average molecular weight is 332 g/mol. The molecule has 1 amide bonds. The predicted molar refractivity (Wildman–Crippen MR) is 91.2 cm³/mol. The summed E-state index contributed by atoms with van der Waals surface area (Å²) in [5.74, 6) is 2.51. The van der Waals surface area contributed by atoms with E-state index < -0.39 is 0 Å². The molecule has 24 heavy (non-hydrogen) atoms. The van der Waals surface area contributed by atoms with Crippen molar-refractivity contribution in [1.29, 1.82) is 0 Å². The van der Waals surface area contributed by atoms with Gasteiger partial charge >= 0.3 is 0 Å². The molecule has 1 unspecified atom stereocenters. The molecule has 0 bridgehead atoms. The molecule has 1 saturated heterocycles. The Morgan fingerprint density at radius 1 is 1.38 bits per heavy atom. The summed E-state index contributed by atoms with van der Waals surface area (Å²) in [5, 5.41) is 6.69. The van der Waals surface area contributed by atoms with Gasteiger partial charge in [0.2, 0.25) is 12.7 Å². The molecule has 7 heteroatoms. The number of fused-ring (bicyclic) bond motifs is 1. The van der Waals surface area contributed by atoms with E-state index in [1.165, 1.54) is 0 Å². The number of carbonyl (C=O) groups excluding carboxylic acids is 1. The molecular weight excluding hydrogens is 308 g/mol. The van der Waals surface area contributed by atoms with Gasteiger partial charge in [-0.1, -0.05) is 13.0 Å². The first-order valence-electron chi connectivity index (χ1n) is 8.33. The fourth-order valence-corrected chi connectivity index (χ4v) is 2.95. The van der Waals surface area contributed by atoms with Crippen molar-refractivity contribution in [3.8, 4) is 11.5 Å². The van der Waals surface area contributed by atoms with Crippen LogP contribution in [0.25, 0.3) is 0 Å². The lowest BCUT2D eigenvalue weighted by molar-refractivity contribution is -0.129. The van der Waals surface area contributed by atoms with E-state index in [0.717, 1.165) is 42.5 Å². The van der Waals surface area contributed by atoms with E-state index in [2.05, 4.69) is 15.6 Å². The molecule has 3 rings (SSSR count). The third-order valence-electron chi connectivity index (χ3n) is 4.30. The standard InChI is InChI=1S/C17H24N4O3/c1-3-16(22)21-7-6-13(10-21)20-17(18-2)19-9-12-4-5-14-15(8-12)24-11-23-14/h4-5,8,13H,3,6-7,9-11H2,1-2H3,(H2,18,19,20). The second-order valence-corrected chi connectivity index (χ2v) is 5.94. The summed E-state index contributed by atoms with van der Waals surface area (Å²) in [6, 6.07) is 6.13. The molecule has 7 nitrogen and oxygen atoms in total. The topological polar surface area (TPSA) is 75.2 Å². The van der Waals surface area contributed by atoms with Gasteiger partial charge < -0.3 is 25.0 Å². The Labute approximate surface area is 142 Å². The zero-order chi connectivity index (χ0) is 16.9. The molecule has 0 saturated carbocycles. The van der Waals surface area contributed by atoms with Crippen LogP contribution in [0, 0.1) is 0 Å². The number of carbonyl (C=O) groups is 1. The number of likely N-dealkylation sites (tertiary alicyclic amines) is 1. The monoisotopic (exact) mass is 332 g/mol. The van der Waals surface area contributed by atoms with Gasteiger partial charge in [0, 0.05) is 39.1 Å². The van der Waals surface area contributed by atoms with Crippen LogP contribution in [0.5, 0.6) is 11.5 Å². The van der Waals surface area contributed by atoms with Crippen LogP contribution in [0.15, 0.2) is 23.2 Å². The van der Waals surface area contributed by atoms with E-state index in [1.54, 1.807) is 7.05 Å². The van der Waals surface area contributed by atoms with Gasteiger partial charge in [0.15, 0.2) is 17.5 Å². The molecule has 1 atom stereocenters. The molecule has 0 spiro atoms. The Balaban J connectivity index is 1.50. The number of amides is 1. The summed E-state index contributed by atoms with van der Waals surface area (Å²) in [6.45, 7) is 4.36. The second-order valence-electron chi connectivity index (χ2n) is 5.94. The molecule has 0 radical (unpaired) electrons. The van der Waals surface area contributed by atoms with E-state index >= 15 is 0 Å². The summed E-state index contributed by atoms with van der Waals surface area (Å²) < 4.78 is 10.7. The number of guanidine groups is 1. The number of ether oxygens (including phenoxy) is 2. The molecule has 2 heterocycles. The fraction of sp³-hybridized carbons (Fsp3) is 0.529. The third-order valence-corrected chi connectivity index (χ3v) is 4.30. The first kappa shape index (κ1) is 16.4. The van der Waals surface area contributed by atoms with E-state index in [4.69, 9.17) is 9.47 Å². The van der Waals surface area contributed by atoms with Crippen molar-refractivity contribution in [3.05, 3.63) is 23.8 Å². The highest BCUT2D eigenvalue weighted by Gasteiger charge is 2.25. The van der Waals surface area contributed by atoms with Crippen molar-refractivity contribution in [2.24, 2.45) is 4.99 Å². The van der Waals surface area contributed by atoms with Crippen LogP contribution in [0.2, 0.25) is 0 Å². The first-order valence-corrected chi connectivity index (χ1v) is 8.33. The van der Waals surface area contributed by atoms with Gasteiger partial charge in [0.05, 0.1) is 0 Å². The number of rotatable bonds is 4. The minimum Gasteiger partial charge on any atom is -0.454 e. The minimum atomic E-state index is 0.211. The highest BCUT2D eigenvalue weighted by molar-refractivity contribution is 5.80.